The van der Waals surface area contributed by atoms with Crippen LogP contribution in [-0.4, -0.2) is 5.78 Å². The van der Waals surface area contributed by atoms with Crippen molar-refractivity contribution >= 4 is 5.78 Å². The lowest BCUT2D eigenvalue weighted by Crippen LogP contribution is -2.08. The molecule has 1 heteroatoms. The van der Waals surface area contributed by atoms with Gasteiger partial charge in [0.2, 0.25) is 0 Å². The number of hydrogen-bond acceptors (Lipinski definition) is 1. The molecule has 0 aromatic rings. The van der Waals surface area contributed by atoms with E-state index in [4.69, 9.17) is 0 Å². The van der Waals surface area contributed by atoms with Crippen LogP contribution in [0.4, 0.5) is 0 Å². The smallest absolute Gasteiger partial charge is 0.158 e. The van der Waals surface area contributed by atoms with Crippen LogP contribution in [0.25, 0.3) is 0 Å². The van der Waals surface area contributed by atoms with Crippen molar-refractivity contribution in [3.63, 3.8) is 0 Å². The summed E-state index contributed by atoms with van der Waals surface area (Å²) < 4.78 is 0. The monoisotopic (exact) mass is 166 g/mol. The summed E-state index contributed by atoms with van der Waals surface area (Å²) in [7, 11) is 0. The van der Waals surface area contributed by atoms with Gasteiger partial charge < -0.3 is 0 Å². The van der Waals surface area contributed by atoms with Crippen molar-refractivity contribution in [2.24, 2.45) is 5.92 Å². The Balaban J connectivity index is 2.45. The molecular weight excluding hydrogens is 148 g/mol. The van der Waals surface area contributed by atoms with Crippen LogP contribution in [0.1, 0.15) is 45.4 Å². The Bertz CT molecular complexity index is 170. The molecule has 12 heavy (non-hydrogen) atoms. The summed E-state index contributed by atoms with van der Waals surface area (Å²) in [6.07, 6.45) is 11.1. The molecule has 68 valence electrons. The second-order valence-electron chi connectivity index (χ2n) is 3.70. The molecule has 1 unspecified atom stereocenters. The Labute approximate surface area is 74.9 Å². The van der Waals surface area contributed by atoms with Crippen molar-refractivity contribution in [1.29, 1.82) is 0 Å². The van der Waals surface area contributed by atoms with Gasteiger partial charge in [0.15, 0.2) is 5.78 Å². The molecule has 0 N–H and O–H groups in total. The maximum atomic E-state index is 11.3. The first-order chi connectivity index (χ1) is 5.80. The normalized spacial score (nSPS) is 29.8. The molecule has 0 spiro atoms. The lowest BCUT2D eigenvalue weighted by molar-refractivity contribution is -0.117. The van der Waals surface area contributed by atoms with Crippen LogP contribution in [0, 0.1) is 5.92 Å². The highest BCUT2D eigenvalue weighted by atomic mass is 16.1. The zero-order chi connectivity index (χ0) is 8.81. The van der Waals surface area contributed by atoms with Gasteiger partial charge in [-0.1, -0.05) is 32.3 Å². The van der Waals surface area contributed by atoms with Crippen LogP contribution < -0.4 is 0 Å². The average molecular weight is 166 g/mol. The molecule has 1 atom stereocenters. The number of ketones is 1. The third-order valence-corrected chi connectivity index (χ3v) is 2.53. The van der Waals surface area contributed by atoms with Crippen LogP contribution in [0.2, 0.25) is 0 Å². The van der Waals surface area contributed by atoms with Crippen LogP contribution in [0.5, 0.6) is 0 Å². The molecule has 1 aliphatic carbocycles. The van der Waals surface area contributed by atoms with Gasteiger partial charge in [-0.05, 0) is 25.3 Å². The zero-order valence-corrected chi connectivity index (χ0v) is 7.88. The summed E-state index contributed by atoms with van der Waals surface area (Å²) in [6, 6.07) is 0. The minimum atomic E-state index is 0.249. The maximum Gasteiger partial charge on any atom is 0.158 e. The quantitative estimate of drug-likeness (QED) is 0.540. The number of carbonyl (C=O) groups excluding carboxylic acids is 1. The van der Waals surface area contributed by atoms with E-state index < -0.39 is 0 Å². The van der Waals surface area contributed by atoms with E-state index in [1.54, 1.807) is 6.08 Å². The summed E-state index contributed by atoms with van der Waals surface area (Å²) in [4.78, 5) is 11.3. The van der Waals surface area contributed by atoms with E-state index in [9.17, 15) is 4.79 Å². The van der Waals surface area contributed by atoms with Gasteiger partial charge in [0, 0.05) is 5.92 Å². The molecule has 0 radical (unpaired) electrons. The molecule has 0 amide bonds. The molecule has 0 saturated carbocycles. The first-order valence-electron chi connectivity index (χ1n) is 5.01. The molecule has 1 rings (SSSR count). The van der Waals surface area contributed by atoms with Crippen molar-refractivity contribution in [2.75, 3.05) is 0 Å². The van der Waals surface area contributed by atoms with Gasteiger partial charge in [-0.25, -0.2) is 0 Å². The number of hydrogen-bond donors (Lipinski definition) is 0. The van der Waals surface area contributed by atoms with E-state index in [0.717, 1.165) is 12.8 Å². The SMILES string of the molecule is CC1CCCCCC/C=C\C1=O. The molecule has 0 bridgehead atoms. The Kier molecular flexibility index (Phi) is 4.06. The Morgan fingerprint density at radius 1 is 1.25 bits per heavy atom. The number of allylic oxidation sites excluding steroid dienone is 2. The van der Waals surface area contributed by atoms with Gasteiger partial charge >= 0.3 is 0 Å². The standard InChI is InChI=1S/C11H18O/c1-10-8-6-4-2-3-5-7-9-11(10)12/h7,9-10H,2-6,8H2,1H3/b9-7-. The molecule has 0 aliphatic heterocycles. The van der Waals surface area contributed by atoms with Crippen molar-refractivity contribution in [2.45, 2.75) is 45.4 Å². The van der Waals surface area contributed by atoms with Gasteiger partial charge in [0.1, 0.15) is 0 Å². The Morgan fingerprint density at radius 2 is 2.00 bits per heavy atom. The Hall–Kier alpha value is -0.590. The van der Waals surface area contributed by atoms with Gasteiger partial charge in [-0.15, -0.1) is 0 Å². The van der Waals surface area contributed by atoms with Gasteiger partial charge in [0.25, 0.3) is 0 Å². The van der Waals surface area contributed by atoms with Gasteiger partial charge in [-0.2, -0.15) is 0 Å². The molecule has 0 aromatic heterocycles. The fraction of sp³-hybridized carbons (Fsp3) is 0.727. The molecule has 0 fully saturated rings. The maximum absolute atomic E-state index is 11.3. The summed E-state index contributed by atoms with van der Waals surface area (Å²) in [5.41, 5.74) is 0. The van der Waals surface area contributed by atoms with E-state index in [0.29, 0.717) is 5.78 Å². The van der Waals surface area contributed by atoms with E-state index in [1.807, 2.05) is 13.0 Å². The fourth-order valence-corrected chi connectivity index (χ4v) is 1.57. The van der Waals surface area contributed by atoms with Crippen LogP contribution in [-0.2, 0) is 4.79 Å². The first kappa shape index (κ1) is 9.50. The third kappa shape index (κ3) is 3.21. The highest BCUT2D eigenvalue weighted by Crippen LogP contribution is 2.14. The summed E-state index contributed by atoms with van der Waals surface area (Å²) >= 11 is 0. The molecule has 0 heterocycles. The van der Waals surface area contributed by atoms with Gasteiger partial charge in [-0.3, -0.25) is 4.79 Å². The third-order valence-electron chi connectivity index (χ3n) is 2.53. The van der Waals surface area contributed by atoms with Crippen molar-refractivity contribution in [1.82, 2.24) is 0 Å². The van der Waals surface area contributed by atoms with Crippen LogP contribution in [0.3, 0.4) is 0 Å². The summed E-state index contributed by atoms with van der Waals surface area (Å²) in [6.45, 7) is 2.04. The minimum Gasteiger partial charge on any atom is -0.295 e. The topological polar surface area (TPSA) is 17.1 Å². The largest absolute Gasteiger partial charge is 0.295 e. The number of carbonyl (C=O) groups is 1. The predicted molar refractivity (Wildman–Crippen MR) is 51.0 cm³/mol. The minimum absolute atomic E-state index is 0.249. The van der Waals surface area contributed by atoms with E-state index >= 15 is 0 Å². The average Bonchev–Trinajstić information content (AvgIpc) is 2.08. The van der Waals surface area contributed by atoms with Crippen molar-refractivity contribution in [3.8, 4) is 0 Å². The highest BCUT2D eigenvalue weighted by molar-refractivity contribution is 5.91. The first-order valence-corrected chi connectivity index (χ1v) is 5.01. The van der Waals surface area contributed by atoms with Gasteiger partial charge in [0.05, 0.1) is 0 Å². The lowest BCUT2D eigenvalue weighted by Gasteiger charge is -2.08. The molecular formula is C11H18O. The fourth-order valence-electron chi connectivity index (χ4n) is 1.57. The second kappa shape index (κ2) is 5.13. The molecule has 0 aromatic carbocycles. The van der Waals surface area contributed by atoms with Crippen LogP contribution in [0.15, 0.2) is 12.2 Å². The summed E-state index contributed by atoms with van der Waals surface area (Å²) in [5, 5.41) is 0. The Morgan fingerprint density at radius 3 is 2.83 bits per heavy atom. The van der Waals surface area contributed by atoms with E-state index in [2.05, 4.69) is 0 Å². The molecule has 0 saturated heterocycles. The van der Waals surface area contributed by atoms with E-state index in [-0.39, 0.29) is 5.92 Å². The van der Waals surface area contributed by atoms with E-state index in [1.165, 1.54) is 25.7 Å². The molecule has 1 aliphatic rings. The van der Waals surface area contributed by atoms with Crippen LogP contribution >= 0.6 is 0 Å². The zero-order valence-electron chi connectivity index (χ0n) is 7.88. The van der Waals surface area contributed by atoms with Crippen molar-refractivity contribution in [3.05, 3.63) is 12.2 Å². The number of rotatable bonds is 0. The molecule has 1 nitrogen and oxygen atoms in total. The lowest BCUT2D eigenvalue weighted by atomic mass is 9.96. The summed E-state index contributed by atoms with van der Waals surface area (Å²) in [5.74, 6) is 0.566. The predicted octanol–water partition coefficient (Wildman–Crippen LogP) is 3.10. The second-order valence-corrected chi connectivity index (χ2v) is 3.70. The highest BCUT2D eigenvalue weighted by Gasteiger charge is 2.09. The van der Waals surface area contributed by atoms with Crippen molar-refractivity contribution < 1.29 is 4.79 Å².